The molecule has 0 unspecified atom stereocenters. The number of aromatic hydroxyl groups is 1. The summed E-state index contributed by atoms with van der Waals surface area (Å²) < 4.78 is 5.64. The van der Waals surface area contributed by atoms with Crippen LogP contribution in [0.15, 0.2) is 42.5 Å². The Hall–Kier alpha value is -2.69. The summed E-state index contributed by atoms with van der Waals surface area (Å²) in [7, 11) is 0. The van der Waals surface area contributed by atoms with Crippen LogP contribution < -0.4 is 9.64 Å². The van der Waals surface area contributed by atoms with E-state index in [1.807, 2.05) is 55.1 Å². The van der Waals surface area contributed by atoms with Gasteiger partial charge in [-0.15, -0.1) is 0 Å². The van der Waals surface area contributed by atoms with Gasteiger partial charge in [0.15, 0.2) is 6.61 Å². The van der Waals surface area contributed by atoms with Crippen molar-refractivity contribution in [1.29, 1.82) is 0 Å². The normalized spacial score (nSPS) is 14.5. The van der Waals surface area contributed by atoms with Gasteiger partial charge < -0.3 is 19.6 Å². The van der Waals surface area contributed by atoms with Gasteiger partial charge in [0.1, 0.15) is 11.5 Å². The van der Waals surface area contributed by atoms with E-state index >= 15 is 0 Å². The molecule has 5 heteroatoms. The first-order valence-corrected chi connectivity index (χ1v) is 8.55. The number of anilines is 1. The zero-order valence-corrected chi connectivity index (χ0v) is 14.7. The van der Waals surface area contributed by atoms with Gasteiger partial charge in [-0.2, -0.15) is 0 Å². The number of hydrogen-bond acceptors (Lipinski definition) is 4. The molecule has 132 valence electrons. The number of nitrogens with zero attached hydrogens (tertiary/aromatic N) is 2. The van der Waals surface area contributed by atoms with Crippen molar-refractivity contribution in [3.05, 3.63) is 53.6 Å². The van der Waals surface area contributed by atoms with E-state index in [9.17, 15) is 9.90 Å². The number of hydrogen-bond donors (Lipinski definition) is 1. The second kappa shape index (κ2) is 7.47. The number of rotatable bonds is 4. The van der Waals surface area contributed by atoms with Crippen LogP contribution in [0, 0.1) is 13.8 Å². The van der Waals surface area contributed by atoms with Gasteiger partial charge >= 0.3 is 0 Å². The van der Waals surface area contributed by atoms with Crippen molar-refractivity contribution in [2.24, 2.45) is 0 Å². The summed E-state index contributed by atoms with van der Waals surface area (Å²) in [4.78, 5) is 16.3. The highest BCUT2D eigenvalue weighted by atomic mass is 16.5. The summed E-state index contributed by atoms with van der Waals surface area (Å²) in [5.41, 5.74) is 3.18. The number of para-hydroxylation sites is 2. The van der Waals surface area contributed by atoms with Crippen LogP contribution in [0.5, 0.6) is 11.5 Å². The Balaban J connectivity index is 1.51. The predicted molar refractivity (Wildman–Crippen MR) is 98.3 cm³/mol. The number of benzene rings is 2. The Morgan fingerprint density at radius 1 is 1.04 bits per heavy atom. The summed E-state index contributed by atoms with van der Waals surface area (Å²) >= 11 is 0. The molecule has 0 aromatic heterocycles. The van der Waals surface area contributed by atoms with Gasteiger partial charge in [0.2, 0.25) is 0 Å². The highest BCUT2D eigenvalue weighted by Crippen LogP contribution is 2.27. The third-order valence-corrected chi connectivity index (χ3v) is 4.70. The maximum atomic E-state index is 12.4. The van der Waals surface area contributed by atoms with Crippen molar-refractivity contribution < 1.29 is 14.6 Å². The number of aryl methyl sites for hydroxylation is 2. The standard InChI is InChI=1S/C20H24N2O3/c1-15-7-8-17(13-16(15)2)25-14-20(24)22-11-9-21(10-12-22)18-5-3-4-6-19(18)23/h3-8,13,23H,9-12,14H2,1-2H3. The zero-order chi connectivity index (χ0) is 17.8. The lowest BCUT2D eigenvalue weighted by atomic mass is 10.1. The molecular weight excluding hydrogens is 316 g/mol. The topological polar surface area (TPSA) is 53.0 Å². The fraction of sp³-hybridized carbons (Fsp3) is 0.350. The van der Waals surface area contributed by atoms with Crippen molar-refractivity contribution in [2.45, 2.75) is 13.8 Å². The predicted octanol–water partition coefficient (Wildman–Crippen LogP) is 2.74. The third-order valence-electron chi connectivity index (χ3n) is 4.70. The summed E-state index contributed by atoms with van der Waals surface area (Å²) in [6.07, 6.45) is 0. The number of amides is 1. The number of phenolic OH excluding ortho intramolecular Hbond substituents is 1. The third kappa shape index (κ3) is 4.05. The monoisotopic (exact) mass is 340 g/mol. The molecular formula is C20H24N2O3. The number of carbonyl (C=O) groups is 1. The lowest BCUT2D eigenvalue weighted by Gasteiger charge is -2.36. The lowest BCUT2D eigenvalue weighted by Crippen LogP contribution is -2.50. The van der Waals surface area contributed by atoms with E-state index in [0.717, 1.165) is 17.0 Å². The molecule has 0 atom stereocenters. The summed E-state index contributed by atoms with van der Waals surface area (Å²) in [5.74, 6) is 1.000. The molecule has 0 radical (unpaired) electrons. The summed E-state index contributed by atoms with van der Waals surface area (Å²) in [6.45, 7) is 6.79. The number of ether oxygens (including phenoxy) is 1. The minimum Gasteiger partial charge on any atom is -0.506 e. The summed E-state index contributed by atoms with van der Waals surface area (Å²) in [6, 6.07) is 13.2. The van der Waals surface area contributed by atoms with E-state index < -0.39 is 0 Å². The Kier molecular flexibility index (Phi) is 5.12. The van der Waals surface area contributed by atoms with Gasteiger partial charge in [-0.3, -0.25) is 4.79 Å². The maximum Gasteiger partial charge on any atom is 0.260 e. The fourth-order valence-electron chi connectivity index (χ4n) is 2.97. The van der Waals surface area contributed by atoms with E-state index in [0.29, 0.717) is 26.2 Å². The maximum absolute atomic E-state index is 12.4. The first kappa shape index (κ1) is 17.1. The molecule has 1 saturated heterocycles. The minimum atomic E-state index is -0.00448. The van der Waals surface area contributed by atoms with Gasteiger partial charge in [-0.1, -0.05) is 18.2 Å². The van der Waals surface area contributed by atoms with Crippen LogP contribution in [0.3, 0.4) is 0 Å². The number of carbonyl (C=O) groups excluding carboxylic acids is 1. The van der Waals surface area contributed by atoms with Crippen LogP contribution in [0.25, 0.3) is 0 Å². The molecule has 2 aromatic carbocycles. The minimum absolute atomic E-state index is 0.00448. The van der Waals surface area contributed by atoms with Crippen LogP contribution in [0.2, 0.25) is 0 Å². The summed E-state index contributed by atoms with van der Waals surface area (Å²) in [5, 5.41) is 9.95. The second-order valence-electron chi connectivity index (χ2n) is 6.39. The molecule has 25 heavy (non-hydrogen) atoms. The highest BCUT2D eigenvalue weighted by molar-refractivity contribution is 5.78. The molecule has 0 bridgehead atoms. The molecule has 1 fully saturated rings. The van der Waals surface area contributed by atoms with Crippen LogP contribution in [-0.4, -0.2) is 48.7 Å². The molecule has 1 amide bonds. The first-order chi connectivity index (χ1) is 12.0. The van der Waals surface area contributed by atoms with Crippen LogP contribution in [0.1, 0.15) is 11.1 Å². The van der Waals surface area contributed by atoms with Crippen LogP contribution in [0.4, 0.5) is 5.69 Å². The molecule has 3 rings (SSSR count). The zero-order valence-electron chi connectivity index (χ0n) is 14.7. The van der Waals surface area contributed by atoms with Gasteiger partial charge in [0.05, 0.1) is 5.69 Å². The SMILES string of the molecule is Cc1ccc(OCC(=O)N2CCN(c3ccccc3O)CC2)cc1C. The van der Waals surface area contributed by atoms with Crippen molar-refractivity contribution in [3.63, 3.8) is 0 Å². The van der Waals surface area contributed by atoms with E-state index in [1.165, 1.54) is 5.56 Å². The lowest BCUT2D eigenvalue weighted by molar-refractivity contribution is -0.133. The van der Waals surface area contributed by atoms with Crippen LogP contribution in [-0.2, 0) is 4.79 Å². The van der Waals surface area contributed by atoms with E-state index in [4.69, 9.17) is 4.74 Å². The average molecular weight is 340 g/mol. The quantitative estimate of drug-likeness (QED) is 0.930. The molecule has 1 aliphatic rings. The molecule has 2 aromatic rings. The van der Waals surface area contributed by atoms with E-state index in [2.05, 4.69) is 4.90 Å². The first-order valence-electron chi connectivity index (χ1n) is 8.55. The highest BCUT2D eigenvalue weighted by Gasteiger charge is 2.22. The molecule has 1 N–H and O–H groups in total. The fourth-order valence-corrected chi connectivity index (χ4v) is 2.97. The van der Waals surface area contributed by atoms with E-state index in [1.54, 1.807) is 6.07 Å². The molecule has 5 nitrogen and oxygen atoms in total. The second-order valence-corrected chi connectivity index (χ2v) is 6.39. The number of phenols is 1. The van der Waals surface area contributed by atoms with Gasteiger partial charge in [0, 0.05) is 26.2 Å². The van der Waals surface area contributed by atoms with Gasteiger partial charge in [0.25, 0.3) is 5.91 Å². The van der Waals surface area contributed by atoms with Crippen molar-refractivity contribution in [3.8, 4) is 11.5 Å². The average Bonchev–Trinajstić information content (AvgIpc) is 2.63. The van der Waals surface area contributed by atoms with Gasteiger partial charge in [-0.25, -0.2) is 0 Å². The molecule has 0 aliphatic carbocycles. The van der Waals surface area contributed by atoms with Crippen molar-refractivity contribution in [2.75, 3.05) is 37.7 Å². The smallest absolute Gasteiger partial charge is 0.260 e. The van der Waals surface area contributed by atoms with E-state index in [-0.39, 0.29) is 18.3 Å². The Morgan fingerprint density at radius 3 is 2.44 bits per heavy atom. The van der Waals surface area contributed by atoms with Crippen LogP contribution >= 0.6 is 0 Å². The number of piperazine rings is 1. The Bertz CT molecular complexity index is 752. The van der Waals surface area contributed by atoms with Gasteiger partial charge in [-0.05, 0) is 49.2 Å². The Morgan fingerprint density at radius 2 is 1.76 bits per heavy atom. The van der Waals surface area contributed by atoms with Crippen molar-refractivity contribution in [1.82, 2.24) is 4.90 Å². The molecule has 0 saturated carbocycles. The molecule has 1 aliphatic heterocycles. The van der Waals surface area contributed by atoms with Crippen molar-refractivity contribution >= 4 is 11.6 Å². The molecule has 0 spiro atoms. The largest absolute Gasteiger partial charge is 0.506 e. The Labute approximate surface area is 148 Å². The molecule has 1 heterocycles.